The molecule has 4 heteroatoms. The van der Waals surface area contributed by atoms with Crippen molar-refractivity contribution >= 4 is 5.97 Å². The maximum atomic E-state index is 12.1. The lowest BCUT2D eigenvalue weighted by Gasteiger charge is -2.29. The summed E-state index contributed by atoms with van der Waals surface area (Å²) < 4.78 is 15.8. The van der Waals surface area contributed by atoms with E-state index < -0.39 is 5.97 Å². The predicted octanol–water partition coefficient (Wildman–Crippen LogP) is 7.68. The number of esters is 1. The van der Waals surface area contributed by atoms with E-state index in [1.54, 1.807) is 7.11 Å². The molecule has 3 rings (SSSR count). The van der Waals surface area contributed by atoms with E-state index in [1.165, 1.54) is 75.2 Å². The molecule has 196 valence electrons. The van der Waals surface area contributed by atoms with Gasteiger partial charge in [0.25, 0.3) is 0 Å². The first-order valence-corrected chi connectivity index (χ1v) is 13.6. The zero-order chi connectivity index (χ0) is 25.8. The third kappa shape index (κ3) is 8.31. The zero-order valence-corrected chi connectivity index (χ0v) is 22.5. The summed E-state index contributed by atoms with van der Waals surface area (Å²) in [5.74, 6) is 1.18. The maximum Gasteiger partial charge on any atom is 0.335 e. The first-order chi connectivity index (χ1) is 17.5. The summed E-state index contributed by atoms with van der Waals surface area (Å²) in [6, 6.07) is 17.6. The molecule has 0 bridgehead atoms. The van der Waals surface area contributed by atoms with Gasteiger partial charge in [0.2, 0.25) is 0 Å². The van der Waals surface area contributed by atoms with Gasteiger partial charge in [0.05, 0.1) is 18.8 Å². The van der Waals surface area contributed by atoms with Crippen LogP contribution in [-0.2, 0) is 19.0 Å². The normalized spacial score (nSPS) is 18.5. The number of unbranched alkanes of at least 4 members (excludes halogenated alkanes) is 2. The van der Waals surface area contributed by atoms with E-state index in [4.69, 9.17) is 14.2 Å². The van der Waals surface area contributed by atoms with E-state index in [9.17, 15) is 4.79 Å². The molecule has 2 aromatic carbocycles. The lowest BCUT2D eigenvalue weighted by Crippen LogP contribution is -2.19. The second-order valence-corrected chi connectivity index (χ2v) is 10.2. The topological polar surface area (TPSA) is 44.8 Å². The van der Waals surface area contributed by atoms with Crippen LogP contribution < -0.4 is 0 Å². The van der Waals surface area contributed by atoms with Crippen molar-refractivity contribution < 1.29 is 19.0 Å². The SMILES string of the molecule is C=C(COC)C(=O)OCC(COC)c1ccc(-c2ccc(C3CCC(CCCCC)CC3)cc2)cc1. The molecule has 0 aromatic heterocycles. The maximum absolute atomic E-state index is 12.1. The fraction of sp³-hybridized carbons (Fsp3) is 0.531. The van der Waals surface area contributed by atoms with Crippen LogP contribution in [0.5, 0.6) is 0 Å². The van der Waals surface area contributed by atoms with E-state index >= 15 is 0 Å². The first kappa shape index (κ1) is 28.1. The quantitative estimate of drug-likeness (QED) is 0.154. The smallest absolute Gasteiger partial charge is 0.335 e. The van der Waals surface area contributed by atoms with Gasteiger partial charge in [-0.25, -0.2) is 4.79 Å². The molecule has 36 heavy (non-hydrogen) atoms. The van der Waals surface area contributed by atoms with Crippen LogP contribution in [0.4, 0.5) is 0 Å². The second kappa shape index (κ2) is 15.0. The lowest BCUT2D eigenvalue weighted by atomic mass is 9.77. The molecule has 2 aromatic rings. The fourth-order valence-corrected chi connectivity index (χ4v) is 5.32. The molecular formula is C32H44O4. The van der Waals surface area contributed by atoms with Gasteiger partial charge in [-0.3, -0.25) is 0 Å². The third-order valence-electron chi connectivity index (χ3n) is 7.55. The number of hydrogen-bond donors (Lipinski definition) is 0. The van der Waals surface area contributed by atoms with Crippen molar-refractivity contribution in [3.8, 4) is 11.1 Å². The third-order valence-corrected chi connectivity index (χ3v) is 7.55. The van der Waals surface area contributed by atoms with Crippen LogP contribution in [0.2, 0.25) is 0 Å². The molecule has 1 aliphatic carbocycles. The highest BCUT2D eigenvalue weighted by atomic mass is 16.5. The number of methoxy groups -OCH3 is 2. The van der Waals surface area contributed by atoms with Crippen molar-refractivity contribution in [1.29, 1.82) is 0 Å². The van der Waals surface area contributed by atoms with Crippen molar-refractivity contribution in [1.82, 2.24) is 0 Å². The summed E-state index contributed by atoms with van der Waals surface area (Å²) in [4.78, 5) is 12.1. The first-order valence-electron chi connectivity index (χ1n) is 13.6. The van der Waals surface area contributed by atoms with Crippen molar-refractivity contribution in [2.24, 2.45) is 5.92 Å². The van der Waals surface area contributed by atoms with E-state index in [0.29, 0.717) is 18.1 Å². The van der Waals surface area contributed by atoms with Gasteiger partial charge in [0.1, 0.15) is 6.61 Å². The minimum Gasteiger partial charge on any atom is -0.462 e. The average Bonchev–Trinajstić information content (AvgIpc) is 2.92. The van der Waals surface area contributed by atoms with Crippen molar-refractivity contribution in [2.75, 3.05) is 34.0 Å². The Morgan fingerprint density at radius 2 is 1.53 bits per heavy atom. The van der Waals surface area contributed by atoms with Crippen LogP contribution in [0.1, 0.15) is 81.3 Å². The molecule has 1 unspecified atom stereocenters. The highest BCUT2D eigenvalue weighted by molar-refractivity contribution is 5.88. The van der Waals surface area contributed by atoms with E-state index in [1.807, 2.05) is 0 Å². The highest BCUT2D eigenvalue weighted by Crippen LogP contribution is 2.38. The molecule has 1 fully saturated rings. The van der Waals surface area contributed by atoms with Crippen LogP contribution in [-0.4, -0.2) is 40.0 Å². The minimum absolute atomic E-state index is 0.0391. The molecule has 1 aliphatic rings. The molecule has 0 N–H and O–H groups in total. The van der Waals surface area contributed by atoms with Gasteiger partial charge in [0, 0.05) is 20.1 Å². The van der Waals surface area contributed by atoms with Gasteiger partial charge in [-0.2, -0.15) is 0 Å². The van der Waals surface area contributed by atoms with Crippen LogP contribution in [0.25, 0.3) is 11.1 Å². The number of rotatable bonds is 14. The van der Waals surface area contributed by atoms with Crippen molar-refractivity contribution in [2.45, 2.75) is 70.1 Å². The summed E-state index contributed by atoms with van der Waals surface area (Å²) in [7, 11) is 3.19. The predicted molar refractivity (Wildman–Crippen MR) is 147 cm³/mol. The van der Waals surface area contributed by atoms with Gasteiger partial charge in [-0.15, -0.1) is 0 Å². The molecule has 4 nitrogen and oxygen atoms in total. The fourth-order valence-electron chi connectivity index (χ4n) is 5.32. The van der Waals surface area contributed by atoms with Crippen LogP contribution >= 0.6 is 0 Å². The number of benzene rings is 2. The summed E-state index contributed by atoms with van der Waals surface area (Å²) in [6.07, 6.45) is 11.0. The van der Waals surface area contributed by atoms with Gasteiger partial charge < -0.3 is 14.2 Å². The summed E-state index contributed by atoms with van der Waals surface area (Å²) in [5.41, 5.74) is 5.29. The molecule has 1 atom stereocenters. The van der Waals surface area contributed by atoms with Crippen LogP contribution in [0.3, 0.4) is 0 Å². The number of ether oxygens (including phenoxy) is 3. The Labute approximate surface area is 218 Å². The molecule has 0 heterocycles. The Kier molecular flexibility index (Phi) is 11.7. The molecule has 0 saturated heterocycles. The van der Waals surface area contributed by atoms with Gasteiger partial charge in [0.15, 0.2) is 0 Å². The number of hydrogen-bond acceptors (Lipinski definition) is 4. The van der Waals surface area contributed by atoms with E-state index in [2.05, 4.69) is 62.0 Å². The largest absolute Gasteiger partial charge is 0.462 e. The molecule has 1 saturated carbocycles. The molecular weight excluding hydrogens is 448 g/mol. The van der Waals surface area contributed by atoms with Gasteiger partial charge in [-0.05, 0) is 59.8 Å². The highest BCUT2D eigenvalue weighted by Gasteiger charge is 2.22. The standard InChI is InChI=1S/C32H44O4/c1-5-6-7-8-25-9-11-26(12-10-25)27-13-15-28(16-14-27)29-17-19-30(20-18-29)31(22-35-4)23-36-32(33)24(2)21-34-3/h13-20,25-26,31H,2,5-12,21-23H2,1,3-4H3. The zero-order valence-electron chi connectivity index (χ0n) is 22.5. The lowest BCUT2D eigenvalue weighted by molar-refractivity contribution is -0.140. The summed E-state index contributed by atoms with van der Waals surface area (Å²) in [5, 5.41) is 0. The second-order valence-electron chi connectivity index (χ2n) is 10.2. The Bertz CT molecular complexity index is 924. The minimum atomic E-state index is -0.431. The Balaban J connectivity index is 1.56. The Hall–Kier alpha value is -2.43. The molecule has 0 aliphatic heterocycles. The average molecular weight is 493 g/mol. The van der Waals surface area contributed by atoms with Crippen LogP contribution in [0.15, 0.2) is 60.7 Å². The summed E-state index contributed by atoms with van der Waals surface area (Å²) in [6.45, 7) is 6.88. The van der Waals surface area contributed by atoms with Gasteiger partial charge >= 0.3 is 5.97 Å². The number of carbonyl (C=O) groups excluding carboxylic acids is 1. The molecule has 0 spiro atoms. The van der Waals surface area contributed by atoms with E-state index in [-0.39, 0.29) is 19.1 Å². The summed E-state index contributed by atoms with van der Waals surface area (Å²) >= 11 is 0. The van der Waals surface area contributed by atoms with E-state index in [0.717, 1.165) is 11.5 Å². The van der Waals surface area contributed by atoms with Crippen molar-refractivity contribution in [3.05, 3.63) is 71.8 Å². The number of carbonyl (C=O) groups is 1. The van der Waals surface area contributed by atoms with Crippen LogP contribution in [0, 0.1) is 5.92 Å². The van der Waals surface area contributed by atoms with Crippen molar-refractivity contribution in [3.63, 3.8) is 0 Å². The molecule has 0 radical (unpaired) electrons. The monoisotopic (exact) mass is 492 g/mol. The Morgan fingerprint density at radius 1 is 0.889 bits per heavy atom. The van der Waals surface area contributed by atoms with Gasteiger partial charge in [-0.1, -0.05) is 87.7 Å². The Morgan fingerprint density at radius 3 is 2.11 bits per heavy atom. The molecule has 0 amide bonds.